The van der Waals surface area contributed by atoms with Gasteiger partial charge >= 0.3 is 6.03 Å². The van der Waals surface area contributed by atoms with Crippen LogP contribution >= 0.6 is 23.4 Å². The first kappa shape index (κ1) is 17.4. The number of rotatable bonds is 5. The predicted molar refractivity (Wildman–Crippen MR) is 91.4 cm³/mol. The third-order valence-electron chi connectivity index (χ3n) is 3.71. The zero-order valence-corrected chi connectivity index (χ0v) is 14.1. The van der Waals surface area contributed by atoms with Crippen molar-refractivity contribution in [3.63, 3.8) is 0 Å². The molecule has 1 aliphatic heterocycles. The summed E-state index contributed by atoms with van der Waals surface area (Å²) in [5.74, 6) is 0.718. The SMILES string of the molecule is CSCCN1CCC(NC(=O)Nc2ccc(F)cc2Cl)CC1. The highest BCUT2D eigenvalue weighted by molar-refractivity contribution is 7.98. The van der Waals surface area contributed by atoms with Crippen molar-refractivity contribution < 1.29 is 9.18 Å². The Morgan fingerprint density at radius 3 is 2.82 bits per heavy atom. The van der Waals surface area contributed by atoms with Crippen LogP contribution in [0.25, 0.3) is 0 Å². The van der Waals surface area contributed by atoms with Crippen molar-refractivity contribution >= 4 is 35.1 Å². The topological polar surface area (TPSA) is 44.4 Å². The van der Waals surface area contributed by atoms with Crippen LogP contribution in [0, 0.1) is 5.82 Å². The summed E-state index contributed by atoms with van der Waals surface area (Å²) >= 11 is 7.74. The molecule has 22 heavy (non-hydrogen) atoms. The molecule has 2 N–H and O–H groups in total. The third-order valence-corrected chi connectivity index (χ3v) is 4.62. The molecule has 0 aromatic heterocycles. The van der Waals surface area contributed by atoms with Crippen LogP contribution in [0.3, 0.4) is 0 Å². The van der Waals surface area contributed by atoms with Gasteiger partial charge in [-0.15, -0.1) is 0 Å². The molecule has 0 atom stereocenters. The van der Waals surface area contributed by atoms with Gasteiger partial charge in [-0.2, -0.15) is 11.8 Å². The highest BCUT2D eigenvalue weighted by Gasteiger charge is 2.20. The Labute approximate surface area is 139 Å². The van der Waals surface area contributed by atoms with E-state index in [2.05, 4.69) is 21.8 Å². The lowest BCUT2D eigenvalue weighted by Crippen LogP contribution is -2.46. The maximum atomic E-state index is 13.0. The lowest BCUT2D eigenvalue weighted by atomic mass is 10.1. The van der Waals surface area contributed by atoms with Crippen LogP contribution in [0.1, 0.15) is 12.8 Å². The summed E-state index contributed by atoms with van der Waals surface area (Å²) in [6.45, 7) is 3.11. The normalized spacial score (nSPS) is 16.5. The molecule has 2 rings (SSSR count). The highest BCUT2D eigenvalue weighted by Crippen LogP contribution is 2.22. The molecule has 4 nitrogen and oxygen atoms in total. The number of anilines is 1. The van der Waals surface area contributed by atoms with Crippen LogP contribution in [-0.4, -0.2) is 48.6 Å². The summed E-state index contributed by atoms with van der Waals surface area (Å²) in [5.41, 5.74) is 0.415. The third kappa shape index (κ3) is 5.34. The molecule has 122 valence electrons. The first-order valence-electron chi connectivity index (χ1n) is 7.32. The highest BCUT2D eigenvalue weighted by atomic mass is 35.5. The summed E-state index contributed by atoms with van der Waals surface area (Å²) in [5, 5.41) is 5.81. The summed E-state index contributed by atoms with van der Waals surface area (Å²) < 4.78 is 13.0. The van der Waals surface area contributed by atoms with Crippen molar-refractivity contribution in [1.29, 1.82) is 0 Å². The average Bonchev–Trinajstić information content (AvgIpc) is 2.49. The van der Waals surface area contributed by atoms with Crippen molar-refractivity contribution in [2.45, 2.75) is 18.9 Å². The molecule has 1 aromatic rings. The van der Waals surface area contributed by atoms with E-state index in [1.807, 2.05) is 11.8 Å². The minimum atomic E-state index is -0.423. The van der Waals surface area contributed by atoms with E-state index < -0.39 is 5.82 Å². The number of hydrogen-bond acceptors (Lipinski definition) is 3. The fourth-order valence-corrected chi connectivity index (χ4v) is 3.11. The van der Waals surface area contributed by atoms with Crippen molar-refractivity contribution in [2.75, 3.05) is 37.0 Å². The van der Waals surface area contributed by atoms with Gasteiger partial charge in [-0.25, -0.2) is 9.18 Å². The van der Waals surface area contributed by atoms with Crippen molar-refractivity contribution in [1.82, 2.24) is 10.2 Å². The fraction of sp³-hybridized carbons (Fsp3) is 0.533. The molecule has 1 heterocycles. The van der Waals surface area contributed by atoms with Crippen LogP contribution in [-0.2, 0) is 0 Å². The molecule has 0 bridgehead atoms. The van der Waals surface area contributed by atoms with Crippen LogP contribution in [0.15, 0.2) is 18.2 Å². The second-order valence-electron chi connectivity index (χ2n) is 5.33. The Morgan fingerprint density at radius 1 is 1.45 bits per heavy atom. The van der Waals surface area contributed by atoms with E-state index in [1.165, 1.54) is 18.2 Å². The van der Waals surface area contributed by atoms with Gasteiger partial charge in [0.1, 0.15) is 5.82 Å². The zero-order valence-electron chi connectivity index (χ0n) is 12.6. The lowest BCUT2D eigenvalue weighted by molar-refractivity contribution is 0.204. The molecule has 0 spiro atoms. The summed E-state index contributed by atoms with van der Waals surface area (Å²) in [4.78, 5) is 14.4. The fourth-order valence-electron chi connectivity index (χ4n) is 2.46. The summed E-state index contributed by atoms with van der Waals surface area (Å²) in [6, 6.07) is 3.79. The van der Waals surface area contributed by atoms with Crippen molar-refractivity contribution in [3.8, 4) is 0 Å². The minimum Gasteiger partial charge on any atom is -0.335 e. The van der Waals surface area contributed by atoms with E-state index in [-0.39, 0.29) is 17.1 Å². The number of halogens is 2. The van der Waals surface area contributed by atoms with Crippen LogP contribution in [0.2, 0.25) is 5.02 Å². The number of nitrogens with one attached hydrogen (secondary N) is 2. The second kappa shape index (κ2) is 8.60. The van der Waals surface area contributed by atoms with E-state index in [1.54, 1.807) is 0 Å². The quantitative estimate of drug-likeness (QED) is 0.859. The number of likely N-dealkylation sites (tertiary alicyclic amines) is 1. The van der Waals surface area contributed by atoms with Crippen molar-refractivity contribution in [3.05, 3.63) is 29.0 Å². The Kier molecular flexibility index (Phi) is 6.79. The van der Waals surface area contributed by atoms with E-state index in [4.69, 9.17) is 11.6 Å². The zero-order chi connectivity index (χ0) is 15.9. The smallest absolute Gasteiger partial charge is 0.319 e. The Bertz CT molecular complexity index is 510. The van der Waals surface area contributed by atoms with E-state index in [9.17, 15) is 9.18 Å². The van der Waals surface area contributed by atoms with E-state index in [0.29, 0.717) is 5.69 Å². The Morgan fingerprint density at radius 2 is 2.18 bits per heavy atom. The average molecular weight is 346 g/mol. The molecule has 1 fully saturated rings. The molecule has 0 aliphatic carbocycles. The van der Waals surface area contributed by atoms with E-state index >= 15 is 0 Å². The molecule has 2 amide bonds. The summed E-state index contributed by atoms with van der Waals surface area (Å²) in [6.07, 6.45) is 4.00. The molecule has 1 aliphatic rings. The molecule has 7 heteroatoms. The Hall–Kier alpha value is -0.980. The second-order valence-corrected chi connectivity index (χ2v) is 6.72. The molecule has 0 radical (unpaired) electrons. The van der Waals surface area contributed by atoms with Gasteiger partial charge in [0.15, 0.2) is 0 Å². The van der Waals surface area contributed by atoms with Gasteiger partial charge < -0.3 is 15.5 Å². The number of urea groups is 1. The van der Waals surface area contributed by atoms with Gasteiger partial charge in [0.2, 0.25) is 0 Å². The van der Waals surface area contributed by atoms with Gasteiger partial charge in [0.25, 0.3) is 0 Å². The largest absolute Gasteiger partial charge is 0.335 e. The minimum absolute atomic E-state index is 0.171. The molecule has 0 unspecified atom stereocenters. The van der Waals surface area contributed by atoms with Gasteiger partial charge in [-0.3, -0.25) is 0 Å². The maximum absolute atomic E-state index is 13.0. The van der Waals surface area contributed by atoms with E-state index in [0.717, 1.165) is 38.2 Å². The first-order chi connectivity index (χ1) is 10.6. The predicted octanol–water partition coefficient (Wildman–Crippen LogP) is 3.43. The molecular formula is C15H21ClFN3OS. The van der Waals surface area contributed by atoms with Crippen molar-refractivity contribution in [2.24, 2.45) is 0 Å². The monoisotopic (exact) mass is 345 g/mol. The molecular weight excluding hydrogens is 325 g/mol. The van der Waals surface area contributed by atoms with Gasteiger partial charge in [-0.05, 0) is 37.3 Å². The number of piperidine rings is 1. The van der Waals surface area contributed by atoms with Gasteiger partial charge in [0, 0.05) is 31.4 Å². The lowest BCUT2D eigenvalue weighted by Gasteiger charge is -2.32. The van der Waals surface area contributed by atoms with Gasteiger partial charge in [0.05, 0.1) is 10.7 Å². The molecule has 1 aromatic carbocycles. The summed E-state index contributed by atoms with van der Waals surface area (Å²) in [7, 11) is 0. The molecule has 1 saturated heterocycles. The van der Waals surface area contributed by atoms with Gasteiger partial charge in [-0.1, -0.05) is 11.6 Å². The number of carbonyl (C=O) groups is 1. The van der Waals surface area contributed by atoms with Crippen LogP contribution in [0.4, 0.5) is 14.9 Å². The standard InChI is InChI=1S/C15H21ClFN3OS/c1-22-9-8-20-6-4-12(5-7-20)18-15(21)19-14-3-2-11(17)10-13(14)16/h2-3,10,12H,4-9H2,1H3,(H2,18,19,21). The Balaban J connectivity index is 1.76. The number of hydrogen-bond donors (Lipinski definition) is 2. The number of amides is 2. The number of nitrogens with zero attached hydrogens (tertiary/aromatic N) is 1. The number of thioether (sulfide) groups is 1. The number of benzene rings is 1. The van der Waals surface area contributed by atoms with Crippen LogP contribution in [0.5, 0.6) is 0 Å². The maximum Gasteiger partial charge on any atom is 0.319 e. The molecule has 0 saturated carbocycles. The number of carbonyl (C=O) groups excluding carboxylic acids is 1. The van der Waals surface area contributed by atoms with Crippen LogP contribution < -0.4 is 10.6 Å². The first-order valence-corrected chi connectivity index (χ1v) is 9.09.